The molecule has 0 aromatic carbocycles. The highest BCUT2D eigenvalue weighted by molar-refractivity contribution is 7.15. The van der Waals surface area contributed by atoms with Crippen LogP contribution in [0, 0.1) is 0 Å². The van der Waals surface area contributed by atoms with E-state index in [2.05, 4.69) is 15.3 Å². The molecular weight excluding hydrogens is 268 g/mol. The van der Waals surface area contributed by atoms with Crippen LogP contribution < -0.4 is 5.32 Å². The summed E-state index contributed by atoms with van der Waals surface area (Å²) in [6, 6.07) is 2.62. The summed E-state index contributed by atoms with van der Waals surface area (Å²) < 4.78 is 0. The average molecular weight is 286 g/mol. The topological polar surface area (TPSA) is 50.7 Å². The van der Waals surface area contributed by atoms with Gasteiger partial charge in [-0.15, -0.1) is 11.3 Å². The summed E-state index contributed by atoms with van der Waals surface area (Å²) in [7, 11) is 0. The fraction of sp³-hybridized carbons (Fsp3) is 0.533. The number of aromatic nitrogens is 3. The van der Waals surface area contributed by atoms with Gasteiger partial charge in [0.05, 0.1) is 5.69 Å². The van der Waals surface area contributed by atoms with E-state index in [-0.39, 0.29) is 0 Å². The predicted molar refractivity (Wildman–Crippen MR) is 79.8 cm³/mol. The number of fused-ring (bicyclic) bond motifs is 1. The van der Waals surface area contributed by atoms with Gasteiger partial charge in [-0.05, 0) is 38.2 Å². The van der Waals surface area contributed by atoms with Crippen molar-refractivity contribution in [3.05, 3.63) is 29.0 Å². The number of aryl methyl sites for hydroxylation is 1. The van der Waals surface area contributed by atoms with E-state index in [0.29, 0.717) is 5.92 Å². The van der Waals surface area contributed by atoms with Gasteiger partial charge in [0.1, 0.15) is 0 Å². The zero-order valence-corrected chi connectivity index (χ0v) is 12.2. The van der Waals surface area contributed by atoms with E-state index in [4.69, 9.17) is 4.98 Å². The van der Waals surface area contributed by atoms with Gasteiger partial charge < -0.3 is 5.32 Å². The number of hydrogen-bond acceptors (Lipinski definition) is 5. The Morgan fingerprint density at radius 1 is 1.20 bits per heavy atom. The Bertz CT molecular complexity index is 591. The van der Waals surface area contributed by atoms with Gasteiger partial charge in [0.25, 0.3) is 0 Å². The van der Waals surface area contributed by atoms with Crippen LogP contribution in [0.1, 0.15) is 42.2 Å². The molecule has 1 atom stereocenters. The van der Waals surface area contributed by atoms with Gasteiger partial charge in [0.15, 0.2) is 10.8 Å². The van der Waals surface area contributed by atoms with Crippen LogP contribution in [0.25, 0.3) is 10.8 Å². The van der Waals surface area contributed by atoms with Gasteiger partial charge in [0.2, 0.25) is 0 Å². The van der Waals surface area contributed by atoms with E-state index in [0.717, 1.165) is 23.4 Å². The van der Waals surface area contributed by atoms with E-state index in [1.54, 1.807) is 23.7 Å². The normalized spacial score (nSPS) is 21.7. The lowest BCUT2D eigenvalue weighted by Gasteiger charge is -2.21. The fourth-order valence-corrected chi connectivity index (χ4v) is 3.95. The zero-order valence-electron chi connectivity index (χ0n) is 11.4. The van der Waals surface area contributed by atoms with Gasteiger partial charge >= 0.3 is 0 Å². The molecule has 2 aromatic heterocycles. The molecule has 0 spiro atoms. The largest absolute Gasteiger partial charge is 0.313 e. The van der Waals surface area contributed by atoms with E-state index in [1.807, 2.05) is 6.07 Å². The minimum atomic E-state index is 0.577. The molecule has 2 aliphatic carbocycles. The van der Waals surface area contributed by atoms with Crippen LogP contribution in [0.15, 0.2) is 18.5 Å². The van der Waals surface area contributed by atoms with Crippen molar-refractivity contribution >= 4 is 11.3 Å². The van der Waals surface area contributed by atoms with Crippen molar-refractivity contribution in [3.8, 4) is 10.8 Å². The summed E-state index contributed by atoms with van der Waals surface area (Å²) in [5, 5.41) is 4.63. The second kappa shape index (κ2) is 5.22. The van der Waals surface area contributed by atoms with E-state index in [9.17, 15) is 0 Å². The van der Waals surface area contributed by atoms with Crippen molar-refractivity contribution in [1.29, 1.82) is 0 Å². The summed E-state index contributed by atoms with van der Waals surface area (Å²) in [5.41, 5.74) is 1.30. The highest BCUT2D eigenvalue weighted by Crippen LogP contribution is 2.37. The van der Waals surface area contributed by atoms with Gasteiger partial charge in [0, 0.05) is 35.8 Å². The molecule has 104 valence electrons. The highest BCUT2D eigenvalue weighted by atomic mass is 32.1. The first-order chi connectivity index (χ1) is 9.90. The van der Waals surface area contributed by atoms with Gasteiger partial charge in [-0.2, -0.15) is 0 Å². The molecule has 0 bridgehead atoms. The third-order valence-electron chi connectivity index (χ3n) is 4.06. The van der Waals surface area contributed by atoms with Gasteiger partial charge in [-0.3, -0.25) is 0 Å². The van der Waals surface area contributed by atoms with Crippen molar-refractivity contribution in [1.82, 2.24) is 20.3 Å². The molecular formula is C15H18N4S. The van der Waals surface area contributed by atoms with Gasteiger partial charge in [-0.25, -0.2) is 15.0 Å². The Labute approximate surface area is 122 Å². The standard InChI is InChI=1S/C15H18N4S/c1-3-10(9-18-11-5-6-11)13-12(4-1)20-15(19-13)14-16-7-2-8-17-14/h2,7-8,10-11,18H,1,3-6,9H2. The maximum absolute atomic E-state index is 4.85. The van der Waals surface area contributed by atoms with Crippen LogP contribution >= 0.6 is 11.3 Å². The van der Waals surface area contributed by atoms with Crippen molar-refractivity contribution in [2.75, 3.05) is 6.54 Å². The predicted octanol–water partition coefficient (Wildman–Crippen LogP) is 2.77. The second-order valence-corrected chi connectivity index (χ2v) is 6.76. The molecule has 4 nitrogen and oxygen atoms in total. The Kier molecular flexibility index (Phi) is 3.24. The van der Waals surface area contributed by atoms with Crippen molar-refractivity contribution in [3.63, 3.8) is 0 Å². The lowest BCUT2D eigenvalue weighted by Crippen LogP contribution is -2.25. The first kappa shape index (κ1) is 12.4. The summed E-state index contributed by atoms with van der Waals surface area (Å²) >= 11 is 1.78. The minimum absolute atomic E-state index is 0.577. The molecule has 5 heteroatoms. The summed E-state index contributed by atoms with van der Waals surface area (Å²) in [6.07, 6.45) is 9.97. The van der Waals surface area contributed by atoms with E-state index < -0.39 is 0 Å². The van der Waals surface area contributed by atoms with Crippen LogP contribution in [0.4, 0.5) is 0 Å². The molecule has 2 heterocycles. The molecule has 2 aromatic rings. The summed E-state index contributed by atoms with van der Waals surface area (Å²) in [5.74, 6) is 1.34. The molecule has 0 saturated heterocycles. The average Bonchev–Trinajstić information content (AvgIpc) is 3.22. The van der Waals surface area contributed by atoms with Crippen molar-refractivity contribution < 1.29 is 0 Å². The Morgan fingerprint density at radius 2 is 2.05 bits per heavy atom. The molecule has 20 heavy (non-hydrogen) atoms. The van der Waals surface area contributed by atoms with Crippen LogP contribution in [-0.4, -0.2) is 27.5 Å². The first-order valence-corrected chi connectivity index (χ1v) is 8.22. The van der Waals surface area contributed by atoms with Gasteiger partial charge in [-0.1, -0.05) is 0 Å². The molecule has 1 saturated carbocycles. The summed E-state index contributed by atoms with van der Waals surface area (Å²) in [6.45, 7) is 1.08. The van der Waals surface area contributed by atoms with Crippen LogP contribution in [0.5, 0.6) is 0 Å². The minimum Gasteiger partial charge on any atom is -0.313 e. The summed E-state index contributed by atoms with van der Waals surface area (Å²) in [4.78, 5) is 14.9. The Morgan fingerprint density at radius 3 is 2.85 bits per heavy atom. The number of nitrogens with zero attached hydrogens (tertiary/aromatic N) is 3. The molecule has 0 radical (unpaired) electrons. The highest BCUT2D eigenvalue weighted by Gasteiger charge is 2.28. The maximum atomic E-state index is 4.85. The third-order valence-corrected chi connectivity index (χ3v) is 5.18. The third kappa shape index (κ3) is 2.47. The monoisotopic (exact) mass is 286 g/mol. The van der Waals surface area contributed by atoms with E-state index in [1.165, 1.54) is 42.7 Å². The van der Waals surface area contributed by atoms with Crippen molar-refractivity contribution in [2.24, 2.45) is 0 Å². The Balaban J connectivity index is 1.59. The molecule has 2 aliphatic rings. The second-order valence-electron chi connectivity index (χ2n) is 5.67. The van der Waals surface area contributed by atoms with Crippen molar-refractivity contribution in [2.45, 2.75) is 44.1 Å². The molecule has 4 rings (SSSR count). The quantitative estimate of drug-likeness (QED) is 0.939. The van der Waals surface area contributed by atoms with E-state index >= 15 is 0 Å². The SMILES string of the molecule is c1cnc(-c2nc3c(s2)CCCC3CNC2CC2)nc1. The number of nitrogens with one attached hydrogen (secondary N) is 1. The number of rotatable bonds is 4. The van der Waals surface area contributed by atoms with Crippen LogP contribution in [-0.2, 0) is 6.42 Å². The zero-order chi connectivity index (χ0) is 13.4. The molecule has 1 fully saturated rings. The smallest absolute Gasteiger partial charge is 0.188 e. The van der Waals surface area contributed by atoms with Crippen LogP contribution in [0.2, 0.25) is 0 Å². The molecule has 1 unspecified atom stereocenters. The molecule has 0 aliphatic heterocycles. The molecule has 0 amide bonds. The lowest BCUT2D eigenvalue weighted by atomic mass is 9.91. The van der Waals surface area contributed by atoms with Crippen LogP contribution in [0.3, 0.4) is 0 Å². The fourth-order valence-electron chi connectivity index (χ4n) is 2.81. The number of thiazole rings is 1. The first-order valence-electron chi connectivity index (χ1n) is 7.40. The lowest BCUT2D eigenvalue weighted by molar-refractivity contribution is 0.500. The Hall–Kier alpha value is -1.33. The maximum Gasteiger partial charge on any atom is 0.188 e. The number of hydrogen-bond donors (Lipinski definition) is 1. The molecule has 1 N–H and O–H groups in total.